The van der Waals surface area contributed by atoms with Crippen LogP contribution in [0.1, 0.15) is 33.9 Å². The van der Waals surface area contributed by atoms with Gasteiger partial charge in [-0.15, -0.1) is 0 Å². The standard InChI is InChI=1S/C15H14O4S/c16-15(17)14-7-5-12(19-14)9-20(18)13-6-4-10-2-1-3-11(10)8-13/h4-8H,1-3,9H2,(H,16,17). The number of benzene rings is 1. The lowest BCUT2D eigenvalue weighted by atomic mass is 10.1. The van der Waals surface area contributed by atoms with Crippen molar-refractivity contribution in [2.24, 2.45) is 0 Å². The summed E-state index contributed by atoms with van der Waals surface area (Å²) in [6.07, 6.45) is 3.30. The van der Waals surface area contributed by atoms with Crippen LogP contribution in [0, 0.1) is 0 Å². The highest BCUT2D eigenvalue weighted by molar-refractivity contribution is 7.84. The Kier molecular flexibility index (Phi) is 3.44. The summed E-state index contributed by atoms with van der Waals surface area (Å²) in [5.74, 6) is -0.599. The summed E-state index contributed by atoms with van der Waals surface area (Å²) in [5.41, 5.74) is 2.62. The van der Waals surface area contributed by atoms with E-state index >= 15 is 0 Å². The zero-order chi connectivity index (χ0) is 14.1. The number of fused-ring (bicyclic) bond motifs is 1. The van der Waals surface area contributed by atoms with Gasteiger partial charge in [-0.2, -0.15) is 0 Å². The second-order valence-corrected chi connectivity index (χ2v) is 6.30. The van der Waals surface area contributed by atoms with Crippen LogP contribution < -0.4 is 0 Å². The van der Waals surface area contributed by atoms with Crippen LogP contribution in [0.4, 0.5) is 0 Å². The molecule has 0 saturated heterocycles. The number of rotatable bonds is 4. The third-order valence-corrected chi connectivity index (χ3v) is 4.81. The maximum atomic E-state index is 12.3. The van der Waals surface area contributed by atoms with Gasteiger partial charge in [-0.3, -0.25) is 4.21 Å². The molecule has 0 radical (unpaired) electrons. The molecule has 1 unspecified atom stereocenters. The van der Waals surface area contributed by atoms with Gasteiger partial charge in [0.15, 0.2) is 0 Å². The lowest BCUT2D eigenvalue weighted by Gasteiger charge is -2.04. The Morgan fingerprint density at radius 3 is 2.75 bits per heavy atom. The van der Waals surface area contributed by atoms with Gasteiger partial charge in [0.25, 0.3) is 0 Å². The molecule has 1 N–H and O–H groups in total. The van der Waals surface area contributed by atoms with Gasteiger partial charge >= 0.3 is 5.97 Å². The molecule has 5 heteroatoms. The van der Waals surface area contributed by atoms with Crippen LogP contribution in [-0.2, 0) is 29.4 Å². The van der Waals surface area contributed by atoms with Crippen molar-refractivity contribution in [1.82, 2.24) is 0 Å². The van der Waals surface area contributed by atoms with Crippen molar-refractivity contribution < 1.29 is 18.5 Å². The number of carboxylic acids is 1. The smallest absolute Gasteiger partial charge is 0.371 e. The minimum Gasteiger partial charge on any atom is -0.475 e. The molecule has 20 heavy (non-hydrogen) atoms. The Labute approximate surface area is 118 Å². The van der Waals surface area contributed by atoms with Crippen LogP contribution in [-0.4, -0.2) is 15.3 Å². The maximum Gasteiger partial charge on any atom is 0.371 e. The van der Waals surface area contributed by atoms with Crippen molar-refractivity contribution in [2.45, 2.75) is 29.9 Å². The van der Waals surface area contributed by atoms with E-state index in [0.29, 0.717) is 5.76 Å². The van der Waals surface area contributed by atoms with E-state index in [1.807, 2.05) is 18.2 Å². The zero-order valence-electron chi connectivity index (χ0n) is 10.8. The second-order valence-electron chi connectivity index (χ2n) is 4.85. The van der Waals surface area contributed by atoms with Crippen LogP contribution >= 0.6 is 0 Å². The summed E-state index contributed by atoms with van der Waals surface area (Å²) in [6.45, 7) is 0. The van der Waals surface area contributed by atoms with Crippen molar-refractivity contribution >= 4 is 16.8 Å². The quantitative estimate of drug-likeness (QED) is 0.940. The summed E-state index contributed by atoms with van der Waals surface area (Å²) < 4.78 is 17.4. The number of aryl methyl sites for hydroxylation is 2. The molecule has 0 amide bonds. The molecule has 4 nitrogen and oxygen atoms in total. The Balaban J connectivity index is 1.77. The zero-order valence-corrected chi connectivity index (χ0v) is 11.6. The monoisotopic (exact) mass is 290 g/mol. The molecule has 1 heterocycles. The predicted octanol–water partition coefficient (Wildman–Crippen LogP) is 2.77. The number of carboxylic acid groups (broad SMARTS) is 1. The van der Waals surface area contributed by atoms with Gasteiger partial charge in [0.2, 0.25) is 5.76 Å². The van der Waals surface area contributed by atoms with E-state index in [4.69, 9.17) is 9.52 Å². The van der Waals surface area contributed by atoms with Crippen molar-refractivity contribution in [3.05, 3.63) is 53.0 Å². The minimum absolute atomic E-state index is 0.119. The van der Waals surface area contributed by atoms with Crippen molar-refractivity contribution in [3.8, 4) is 0 Å². The Bertz CT molecular complexity index is 687. The molecule has 104 valence electrons. The molecule has 1 aromatic carbocycles. The van der Waals surface area contributed by atoms with E-state index in [9.17, 15) is 9.00 Å². The van der Waals surface area contributed by atoms with Crippen LogP contribution in [0.2, 0.25) is 0 Å². The highest BCUT2D eigenvalue weighted by Gasteiger charge is 2.15. The second kappa shape index (κ2) is 5.25. The SMILES string of the molecule is O=C(O)c1ccc(CS(=O)c2ccc3c(c2)CCC3)o1. The van der Waals surface area contributed by atoms with E-state index in [-0.39, 0.29) is 11.5 Å². The normalized spacial score (nSPS) is 15.0. The molecule has 1 aliphatic rings. The fourth-order valence-electron chi connectivity index (χ4n) is 2.47. The average Bonchev–Trinajstić information content (AvgIpc) is 3.05. The van der Waals surface area contributed by atoms with Gasteiger partial charge < -0.3 is 9.52 Å². The van der Waals surface area contributed by atoms with E-state index < -0.39 is 16.8 Å². The molecule has 1 aromatic heterocycles. The van der Waals surface area contributed by atoms with Crippen molar-refractivity contribution in [1.29, 1.82) is 0 Å². The fourth-order valence-corrected chi connectivity index (χ4v) is 3.55. The molecule has 0 aliphatic heterocycles. The van der Waals surface area contributed by atoms with Crippen LogP contribution in [0.25, 0.3) is 0 Å². The first-order chi connectivity index (χ1) is 9.63. The lowest BCUT2D eigenvalue weighted by Crippen LogP contribution is -1.97. The van der Waals surface area contributed by atoms with E-state index in [0.717, 1.165) is 24.2 Å². The van der Waals surface area contributed by atoms with Gasteiger partial charge in [-0.05, 0) is 54.7 Å². The summed E-state index contributed by atoms with van der Waals surface area (Å²) in [5, 5.41) is 8.79. The molecule has 1 atom stereocenters. The summed E-state index contributed by atoms with van der Waals surface area (Å²) in [6, 6.07) is 8.88. The first-order valence-corrected chi connectivity index (χ1v) is 7.77. The molecule has 1 aliphatic carbocycles. The number of carbonyl (C=O) groups is 1. The Morgan fingerprint density at radius 2 is 2.00 bits per heavy atom. The molecule has 2 aromatic rings. The van der Waals surface area contributed by atoms with Gasteiger partial charge in [0.05, 0.1) is 16.6 Å². The van der Waals surface area contributed by atoms with E-state index in [2.05, 4.69) is 0 Å². The van der Waals surface area contributed by atoms with Crippen molar-refractivity contribution in [3.63, 3.8) is 0 Å². The number of hydrogen-bond donors (Lipinski definition) is 1. The summed E-state index contributed by atoms with van der Waals surface area (Å²) in [4.78, 5) is 11.5. The predicted molar refractivity (Wildman–Crippen MR) is 74.2 cm³/mol. The summed E-state index contributed by atoms with van der Waals surface area (Å²) in [7, 11) is -1.21. The fraction of sp³-hybridized carbons (Fsp3) is 0.267. The van der Waals surface area contributed by atoms with Gasteiger partial charge in [-0.25, -0.2) is 4.79 Å². The molecule has 0 fully saturated rings. The minimum atomic E-state index is -1.21. The first kappa shape index (κ1) is 13.1. The highest BCUT2D eigenvalue weighted by atomic mass is 32.2. The molecule has 3 rings (SSSR count). The highest BCUT2D eigenvalue weighted by Crippen LogP contribution is 2.25. The van der Waals surface area contributed by atoms with Gasteiger partial charge in [0.1, 0.15) is 5.76 Å². The lowest BCUT2D eigenvalue weighted by molar-refractivity contribution is 0.0661. The molecule has 0 spiro atoms. The number of furan rings is 1. The van der Waals surface area contributed by atoms with Crippen molar-refractivity contribution in [2.75, 3.05) is 0 Å². The summed E-state index contributed by atoms with van der Waals surface area (Å²) >= 11 is 0. The van der Waals surface area contributed by atoms with Crippen LogP contribution in [0.15, 0.2) is 39.6 Å². The van der Waals surface area contributed by atoms with E-state index in [1.54, 1.807) is 6.07 Å². The Hall–Kier alpha value is -1.88. The molecule has 0 bridgehead atoms. The number of hydrogen-bond acceptors (Lipinski definition) is 3. The largest absolute Gasteiger partial charge is 0.475 e. The van der Waals surface area contributed by atoms with E-state index in [1.165, 1.54) is 17.2 Å². The number of aromatic carboxylic acids is 1. The first-order valence-electron chi connectivity index (χ1n) is 6.45. The molecular formula is C15H14O4S. The van der Waals surface area contributed by atoms with Crippen LogP contribution in [0.5, 0.6) is 0 Å². The van der Waals surface area contributed by atoms with Gasteiger partial charge in [0, 0.05) is 4.90 Å². The molecular weight excluding hydrogens is 276 g/mol. The molecule has 0 saturated carbocycles. The Morgan fingerprint density at radius 1 is 1.20 bits per heavy atom. The van der Waals surface area contributed by atoms with Gasteiger partial charge in [-0.1, -0.05) is 6.07 Å². The third kappa shape index (κ3) is 2.54. The maximum absolute atomic E-state index is 12.3. The van der Waals surface area contributed by atoms with Crippen LogP contribution in [0.3, 0.4) is 0 Å². The average molecular weight is 290 g/mol. The third-order valence-electron chi connectivity index (χ3n) is 3.48. The topological polar surface area (TPSA) is 67.5 Å².